The molecule has 116 valence electrons. The Hall–Kier alpha value is -1.05. The van der Waals surface area contributed by atoms with Crippen molar-refractivity contribution in [3.05, 3.63) is 60.2 Å². The quantitative estimate of drug-likeness (QED) is 0.664. The van der Waals surface area contributed by atoms with Gasteiger partial charge in [0.2, 0.25) is 0 Å². The van der Waals surface area contributed by atoms with Crippen LogP contribution in [0.15, 0.2) is 54.6 Å². The first-order valence-electron chi connectivity index (χ1n) is 7.98. The van der Waals surface area contributed by atoms with Gasteiger partial charge in [0.05, 0.1) is 0 Å². The zero-order valence-electron chi connectivity index (χ0n) is 13.1. The second-order valence-electron chi connectivity index (χ2n) is 5.75. The van der Waals surface area contributed by atoms with Crippen molar-refractivity contribution >= 4 is 12.4 Å². The largest absolute Gasteiger partial charge is 0.316 e. The van der Waals surface area contributed by atoms with Crippen molar-refractivity contribution < 1.29 is 0 Å². The highest BCUT2D eigenvalue weighted by atomic mass is 35.5. The molecule has 1 aromatic carbocycles. The average Bonchev–Trinajstić information content (AvgIpc) is 2.52. The molecule has 0 bridgehead atoms. The summed E-state index contributed by atoms with van der Waals surface area (Å²) in [5, 5.41) is 3.67. The zero-order valence-corrected chi connectivity index (χ0v) is 13.9. The lowest BCUT2D eigenvalue weighted by molar-refractivity contribution is 0.470. The maximum absolute atomic E-state index is 3.67. The van der Waals surface area contributed by atoms with Crippen LogP contribution in [0.5, 0.6) is 0 Å². The van der Waals surface area contributed by atoms with Gasteiger partial charge in [-0.05, 0) is 24.9 Å². The number of hydrogen-bond acceptors (Lipinski definition) is 1. The van der Waals surface area contributed by atoms with Gasteiger partial charge in [0.1, 0.15) is 0 Å². The van der Waals surface area contributed by atoms with Gasteiger partial charge in [0.25, 0.3) is 0 Å². The van der Waals surface area contributed by atoms with Gasteiger partial charge in [0, 0.05) is 12.0 Å². The Kier molecular flexibility index (Phi) is 8.41. The van der Waals surface area contributed by atoms with Crippen molar-refractivity contribution in [2.45, 2.75) is 44.4 Å². The van der Waals surface area contributed by atoms with Crippen LogP contribution in [0.25, 0.3) is 0 Å². The van der Waals surface area contributed by atoms with Crippen LogP contribution in [0.3, 0.4) is 0 Å². The average molecular weight is 306 g/mol. The minimum absolute atomic E-state index is 0. The normalized spacial score (nSPS) is 20.2. The minimum atomic E-state index is 0. The van der Waals surface area contributed by atoms with E-state index >= 15 is 0 Å². The van der Waals surface area contributed by atoms with Crippen molar-refractivity contribution in [1.82, 2.24) is 5.32 Å². The Labute approximate surface area is 135 Å². The molecule has 2 heteroatoms. The molecule has 0 saturated heterocycles. The monoisotopic (exact) mass is 305 g/mol. The summed E-state index contributed by atoms with van der Waals surface area (Å²) in [6.45, 7) is 4.42. The van der Waals surface area contributed by atoms with Gasteiger partial charge < -0.3 is 5.32 Å². The van der Waals surface area contributed by atoms with Crippen LogP contribution in [0, 0.1) is 0 Å². The lowest BCUT2D eigenvalue weighted by Gasteiger charge is -2.32. The van der Waals surface area contributed by atoms with Gasteiger partial charge in [-0.25, -0.2) is 0 Å². The van der Waals surface area contributed by atoms with Gasteiger partial charge in [-0.2, -0.15) is 0 Å². The van der Waals surface area contributed by atoms with Gasteiger partial charge in [-0.3, -0.25) is 0 Å². The van der Waals surface area contributed by atoms with Crippen LogP contribution in [0.4, 0.5) is 0 Å². The van der Waals surface area contributed by atoms with E-state index in [2.05, 4.69) is 66.9 Å². The molecule has 1 unspecified atom stereocenters. The van der Waals surface area contributed by atoms with Gasteiger partial charge >= 0.3 is 0 Å². The molecule has 1 aromatic rings. The molecule has 2 rings (SSSR count). The van der Waals surface area contributed by atoms with Gasteiger partial charge in [-0.15, -0.1) is 12.4 Å². The molecule has 0 amide bonds. The smallest absolute Gasteiger partial charge is 0.0294 e. The van der Waals surface area contributed by atoms with E-state index in [1.165, 1.54) is 31.2 Å². The molecular formula is C19H28ClN. The highest BCUT2D eigenvalue weighted by Gasteiger charge is 2.28. The van der Waals surface area contributed by atoms with E-state index < -0.39 is 0 Å². The molecule has 1 atom stereocenters. The summed E-state index contributed by atoms with van der Waals surface area (Å²) in [6, 6.07) is 10.9. The number of halogens is 1. The highest BCUT2D eigenvalue weighted by Crippen LogP contribution is 2.31. The third kappa shape index (κ3) is 5.33. The summed E-state index contributed by atoms with van der Waals surface area (Å²) in [4.78, 5) is 0. The number of hydrogen-bond donors (Lipinski definition) is 1. The summed E-state index contributed by atoms with van der Waals surface area (Å²) in [5.74, 6) is 0. The zero-order chi connectivity index (χ0) is 14.1. The summed E-state index contributed by atoms with van der Waals surface area (Å²) >= 11 is 0. The van der Waals surface area contributed by atoms with Crippen molar-refractivity contribution in [1.29, 1.82) is 0 Å². The SMILES string of the molecule is CCCCCCNCC1(c2ccccc2)C=CC=CC1.Cl. The van der Waals surface area contributed by atoms with Crippen LogP contribution in [0.1, 0.15) is 44.6 Å². The maximum Gasteiger partial charge on any atom is 0.0294 e. The molecular weight excluding hydrogens is 278 g/mol. The van der Waals surface area contributed by atoms with Crippen molar-refractivity contribution in [2.24, 2.45) is 0 Å². The first-order chi connectivity index (χ1) is 9.87. The Morgan fingerprint density at radius 1 is 1.05 bits per heavy atom. The third-order valence-electron chi connectivity index (χ3n) is 4.14. The number of unbranched alkanes of at least 4 members (excludes halogenated alkanes) is 3. The van der Waals surface area contributed by atoms with Crippen LogP contribution in [-0.4, -0.2) is 13.1 Å². The number of nitrogens with one attached hydrogen (secondary N) is 1. The predicted molar refractivity (Wildman–Crippen MR) is 95.3 cm³/mol. The Morgan fingerprint density at radius 2 is 1.86 bits per heavy atom. The topological polar surface area (TPSA) is 12.0 Å². The molecule has 0 saturated carbocycles. The van der Waals surface area contributed by atoms with E-state index in [0.29, 0.717) is 0 Å². The van der Waals surface area contributed by atoms with E-state index in [-0.39, 0.29) is 17.8 Å². The van der Waals surface area contributed by atoms with Crippen LogP contribution >= 0.6 is 12.4 Å². The molecule has 1 aliphatic carbocycles. The third-order valence-corrected chi connectivity index (χ3v) is 4.14. The summed E-state index contributed by atoms with van der Waals surface area (Å²) < 4.78 is 0. The minimum Gasteiger partial charge on any atom is -0.316 e. The fraction of sp³-hybridized carbons (Fsp3) is 0.474. The van der Waals surface area contributed by atoms with E-state index in [4.69, 9.17) is 0 Å². The lowest BCUT2D eigenvalue weighted by Crippen LogP contribution is -2.37. The second kappa shape index (κ2) is 9.81. The number of benzene rings is 1. The lowest BCUT2D eigenvalue weighted by atomic mass is 9.75. The first kappa shape index (κ1) is 18.0. The molecule has 0 radical (unpaired) electrons. The molecule has 21 heavy (non-hydrogen) atoms. The molecule has 0 heterocycles. The Bertz CT molecular complexity index is 438. The van der Waals surface area contributed by atoms with Crippen molar-refractivity contribution in [3.63, 3.8) is 0 Å². The fourth-order valence-electron chi connectivity index (χ4n) is 2.87. The molecule has 1 N–H and O–H groups in total. The van der Waals surface area contributed by atoms with Crippen molar-refractivity contribution in [2.75, 3.05) is 13.1 Å². The first-order valence-corrected chi connectivity index (χ1v) is 7.98. The summed E-state index contributed by atoms with van der Waals surface area (Å²) in [6.07, 6.45) is 15.4. The Morgan fingerprint density at radius 3 is 2.52 bits per heavy atom. The standard InChI is InChI=1S/C19H27N.ClH/c1-2-3-4-11-16-20-17-19(14-9-6-10-15-19)18-12-7-5-8-13-18;/h5-10,12-14,20H,2-4,11,15-17H2,1H3;1H. The van der Waals surface area contributed by atoms with Crippen LogP contribution in [-0.2, 0) is 5.41 Å². The predicted octanol–water partition coefficient (Wildman–Crippen LogP) is 5.03. The van der Waals surface area contributed by atoms with Crippen LogP contribution in [0.2, 0.25) is 0 Å². The molecule has 1 aliphatic rings. The highest BCUT2D eigenvalue weighted by molar-refractivity contribution is 5.85. The van der Waals surface area contributed by atoms with Crippen molar-refractivity contribution in [3.8, 4) is 0 Å². The fourth-order valence-corrected chi connectivity index (χ4v) is 2.87. The van der Waals surface area contributed by atoms with E-state index in [9.17, 15) is 0 Å². The summed E-state index contributed by atoms with van der Waals surface area (Å²) in [5.41, 5.74) is 1.56. The second-order valence-corrected chi connectivity index (χ2v) is 5.75. The summed E-state index contributed by atoms with van der Waals surface area (Å²) in [7, 11) is 0. The van der Waals surface area contributed by atoms with E-state index in [1.54, 1.807) is 0 Å². The molecule has 0 spiro atoms. The van der Waals surface area contributed by atoms with Crippen LogP contribution < -0.4 is 5.32 Å². The number of allylic oxidation sites excluding steroid dienone is 3. The molecule has 0 aromatic heterocycles. The van der Waals surface area contributed by atoms with Gasteiger partial charge in [-0.1, -0.05) is 80.8 Å². The molecule has 0 aliphatic heterocycles. The van der Waals surface area contributed by atoms with E-state index in [1.807, 2.05) is 0 Å². The van der Waals surface area contributed by atoms with E-state index in [0.717, 1.165) is 19.5 Å². The number of rotatable bonds is 8. The van der Waals surface area contributed by atoms with Gasteiger partial charge in [0.15, 0.2) is 0 Å². The molecule has 1 nitrogen and oxygen atoms in total. The Balaban J connectivity index is 0.00000220. The molecule has 0 fully saturated rings. The maximum atomic E-state index is 3.67.